The highest BCUT2D eigenvalue weighted by Crippen LogP contribution is 1.81. The molecule has 0 heterocycles. The van der Waals surface area contributed by atoms with Crippen molar-refractivity contribution < 1.29 is 14.7 Å². The predicted octanol–water partition coefficient (Wildman–Crippen LogP) is 1.50. The number of carbonyl (C=O) groups is 2. The Balaban J connectivity index is -0.000000138. The number of aliphatic carboxylic acids is 1. The zero-order chi connectivity index (χ0) is 12.1. The van der Waals surface area contributed by atoms with Gasteiger partial charge >= 0.3 is 5.97 Å². The van der Waals surface area contributed by atoms with Crippen molar-refractivity contribution in [3.8, 4) is 0 Å². The number of carboxylic acids is 1. The minimum absolute atomic E-state index is 0.176. The van der Waals surface area contributed by atoms with E-state index in [1.165, 1.54) is 6.92 Å². The van der Waals surface area contributed by atoms with Gasteiger partial charge in [-0.1, -0.05) is 19.2 Å². The molecular formula is C10H17NO3. The molecule has 4 heteroatoms. The topological polar surface area (TPSA) is 80.4 Å². The van der Waals surface area contributed by atoms with Crippen LogP contribution in [0.4, 0.5) is 0 Å². The minimum atomic E-state index is -0.935. The first-order chi connectivity index (χ1) is 6.33. The van der Waals surface area contributed by atoms with Gasteiger partial charge in [0.1, 0.15) is 0 Å². The second-order valence-electron chi connectivity index (χ2n) is 2.10. The maximum absolute atomic E-state index is 9.60. The van der Waals surface area contributed by atoms with Crippen molar-refractivity contribution >= 4 is 11.9 Å². The van der Waals surface area contributed by atoms with Crippen LogP contribution in [-0.2, 0) is 9.59 Å². The van der Waals surface area contributed by atoms with Gasteiger partial charge in [-0.05, 0) is 19.9 Å². The molecule has 0 saturated carbocycles. The highest BCUT2D eigenvalue weighted by atomic mass is 16.4. The highest BCUT2D eigenvalue weighted by molar-refractivity contribution is 5.85. The molecule has 0 aromatic carbocycles. The van der Waals surface area contributed by atoms with Gasteiger partial charge in [0.25, 0.3) is 0 Å². The zero-order valence-electron chi connectivity index (χ0n) is 8.62. The Hall–Kier alpha value is -1.84. The van der Waals surface area contributed by atoms with Gasteiger partial charge in [0.15, 0.2) is 0 Å². The largest absolute Gasteiger partial charge is 0.478 e. The SMILES string of the molecule is C=C(C)C(=O)O.C=CC.C=CC(N)=O. The molecule has 0 rings (SSSR count). The molecule has 14 heavy (non-hydrogen) atoms. The van der Waals surface area contributed by atoms with Crippen LogP contribution in [0.3, 0.4) is 0 Å². The molecule has 0 aliphatic carbocycles. The molecule has 0 radical (unpaired) electrons. The molecule has 3 N–H and O–H groups in total. The Morgan fingerprint density at radius 1 is 1.36 bits per heavy atom. The lowest BCUT2D eigenvalue weighted by molar-refractivity contribution is -0.132. The molecule has 0 aromatic heterocycles. The summed E-state index contributed by atoms with van der Waals surface area (Å²) in [6.07, 6.45) is 2.81. The Labute approximate surface area is 84.4 Å². The van der Waals surface area contributed by atoms with E-state index in [0.29, 0.717) is 0 Å². The summed E-state index contributed by atoms with van der Waals surface area (Å²) in [6, 6.07) is 0. The van der Waals surface area contributed by atoms with E-state index in [1.807, 2.05) is 6.92 Å². The van der Waals surface area contributed by atoms with Crippen LogP contribution in [-0.4, -0.2) is 17.0 Å². The van der Waals surface area contributed by atoms with Crippen molar-refractivity contribution in [3.63, 3.8) is 0 Å². The molecule has 4 nitrogen and oxygen atoms in total. The Morgan fingerprint density at radius 2 is 1.50 bits per heavy atom. The second-order valence-corrected chi connectivity index (χ2v) is 2.10. The number of nitrogens with two attached hydrogens (primary N) is 1. The van der Waals surface area contributed by atoms with E-state index in [2.05, 4.69) is 25.5 Å². The third-order valence-electron chi connectivity index (χ3n) is 0.566. The molecule has 80 valence electrons. The first-order valence-corrected chi connectivity index (χ1v) is 3.71. The second kappa shape index (κ2) is 13.7. The van der Waals surface area contributed by atoms with E-state index in [9.17, 15) is 9.59 Å². The van der Waals surface area contributed by atoms with Gasteiger partial charge in [-0.2, -0.15) is 0 Å². The summed E-state index contributed by atoms with van der Waals surface area (Å²) in [5.41, 5.74) is 4.71. The summed E-state index contributed by atoms with van der Waals surface area (Å²) in [5, 5.41) is 7.89. The van der Waals surface area contributed by atoms with Crippen molar-refractivity contribution in [2.75, 3.05) is 0 Å². The van der Waals surface area contributed by atoms with Crippen molar-refractivity contribution in [1.29, 1.82) is 0 Å². The molecule has 0 aliphatic heterocycles. The lowest BCUT2D eigenvalue weighted by atomic mass is 10.4. The van der Waals surface area contributed by atoms with Gasteiger partial charge in [-0.3, -0.25) is 4.79 Å². The fourth-order valence-corrected chi connectivity index (χ4v) is 0. The average molecular weight is 199 g/mol. The van der Waals surface area contributed by atoms with E-state index >= 15 is 0 Å². The van der Waals surface area contributed by atoms with Crippen LogP contribution in [0.25, 0.3) is 0 Å². The maximum atomic E-state index is 9.60. The van der Waals surface area contributed by atoms with Gasteiger partial charge in [0.05, 0.1) is 0 Å². The molecule has 0 aromatic rings. The number of hydrogen-bond donors (Lipinski definition) is 2. The van der Waals surface area contributed by atoms with Crippen molar-refractivity contribution in [1.82, 2.24) is 0 Å². The molecule has 1 amide bonds. The lowest BCUT2D eigenvalue weighted by Gasteiger charge is -1.79. The molecule has 0 bridgehead atoms. The van der Waals surface area contributed by atoms with Crippen LogP contribution in [0.15, 0.2) is 37.5 Å². The molecular weight excluding hydrogens is 182 g/mol. The smallest absolute Gasteiger partial charge is 0.330 e. The Morgan fingerprint density at radius 3 is 1.50 bits per heavy atom. The van der Waals surface area contributed by atoms with Crippen LogP contribution >= 0.6 is 0 Å². The maximum Gasteiger partial charge on any atom is 0.330 e. The zero-order valence-corrected chi connectivity index (χ0v) is 8.62. The van der Waals surface area contributed by atoms with E-state index in [-0.39, 0.29) is 5.57 Å². The predicted molar refractivity (Wildman–Crippen MR) is 57.7 cm³/mol. The van der Waals surface area contributed by atoms with Gasteiger partial charge in [-0.25, -0.2) is 4.79 Å². The lowest BCUT2D eigenvalue weighted by Crippen LogP contribution is -2.04. The summed E-state index contributed by atoms with van der Waals surface area (Å²) in [4.78, 5) is 19.1. The third-order valence-corrected chi connectivity index (χ3v) is 0.566. The van der Waals surface area contributed by atoms with Crippen LogP contribution in [0.2, 0.25) is 0 Å². The van der Waals surface area contributed by atoms with Crippen LogP contribution in [0, 0.1) is 0 Å². The third kappa shape index (κ3) is 49.3. The van der Waals surface area contributed by atoms with E-state index in [1.54, 1.807) is 6.08 Å². The number of carboxylic acid groups (broad SMARTS) is 1. The molecule has 0 spiro atoms. The number of allylic oxidation sites excluding steroid dienone is 1. The first kappa shape index (κ1) is 18.0. The van der Waals surface area contributed by atoms with Crippen molar-refractivity contribution in [3.05, 3.63) is 37.5 Å². The minimum Gasteiger partial charge on any atom is -0.478 e. The monoisotopic (exact) mass is 199 g/mol. The average Bonchev–Trinajstić information content (AvgIpc) is 2.06. The summed E-state index contributed by atoms with van der Waals surface area (Å²) < 4.78 is 0. The van der Waals surface area contributed by atoms with E-state index in [0.717, 1.165) is 6.08 Å². The van der Waals surface area contributed by atoms with Crippen LogP contribution < -0.4 is 5.73 Å². The standard InChI is InChI=1S/C4H6O2.C3H5NO.C3H6/c1-3(2)4(5)6;1-2-3(4)5;1-3-2/h1H2,2H3,(H,5,6);2H,1H2,(H2,4,5);3H,1H2,2H3. The van der Waals surface area contributed by atoms with Crippen molar-refractivity contribution in [2.24, 2.45) is 5.73 Å². The molecule has 0 unspecified atom stereocenters. The number of amides is 1. The number of hydrogen-bond acceptors (Lipinski definition) is 2. The quantitative estimate of drug-likeness (QED) is 0.522. The molecule has 0 saturated heterocycles. The molecule has 0 atom stereocenters. The Bertz CT molecular complexity index is 207. The van der Waals surface area contributed by atoms with Gasteiger partial charge in [0, 0.05) is 5.57 Å². The van der Waals surface area contributed by atoms with Crippen LogP contribution in [0.1, 0.15) is 13.8 Å². The summed E-state index contributed by atoms with van der Waals surface area (Å²) in [7, 11) is 0. The highest BCUT2D eigenvalue weighted by Gasteiger charge is 1.90. The van der Waals surface area contributed by atoms with Crippen molar-refractivity contribution in [2.45, 2.75) is 13.8 Å². The van der Waals surface area contributed by atoms with Gasteiger partial charge in [0.2, 0.25) is 5.91 Å². The normalized spacial score (nSPS) is 6.43. The van der Waals surface area contributed by atoms with Crippen LogP contribution in [0.5, 0.6) is 0 Å². The summed E-state index contributed by atoms with van der Waals surface area (Å²) in [6.45, 7) is 12.9. The number of rotatable bonds is 2. The fourth-order valence-electron chi connectivity index (χ4n) is 0. The number of carbonyl (C=O) groups excluding carboxylic acids is 1. The van der Waals surface area contributed by atoms with Gasteiger partial charge < -0.3 is 10.8 Å². The molecule has 0 aliphatic rings. The molecule has 0 fully saturated rings. The Kier molecular flexibility index (Phi) is 17.7. The van der Waals surface area contributed by atoms with Gasteiger partial charge in [-0.15, -0.1) is 6.58 Å². The first-order valence-electron chi connectivity index (χ1n) is 3.71. The summed E-state index contributed by atoms with van der Waals surface area (Å²) >= 11 is 0. The fraction of sp³-hybridized carbons (Fsp3) is 0.200. The van der Waals surface area contributed by atoms with E-state index < -0.39 is 11.9 Å². The van der Waals surface area contributed by atoms with E-state index in [4.69, 9.17) is 5.11 Å². The summed E-state index contributed by atoms with van der Waals surface area (Å²) in [5.74, 6) is -1.42. The number of primary amides is 1.